The van der Waals surface area contributed by atoms with Crippen LogP contribution in [0.4, 0.5) is 0 Å². The lowest BCUT2D eigenvalue weighted by Crippen LogP contribution is -2.62. The third-order valence-electron chi connectivity index (χ3n) is 2.18. The van der Waals surface area contributed by atoms with Gasteiger partial charge in [-0.15, -0.1) is 0 Å². The van der Waals surface area contributed by atoms with Crippen LogP contribution in [-0.4, -0.2) is 42.3 Å². The Hall–Kier alpha value is 0.924. The molecule has 0 aliphatic heterocycles. The maximum absolute atomic E-state index is 6.56. The predicted molar refractivity (Wildman–Crippen MR) is 108 cm³/mol. The SMILES string of the molecule is [CH2]C[Si](O[Si](C)(C)C)(O[Si](C)(C)C)O[Si](C)(C)O[Si](C)(C)C. The molecule has 9 heteroatoms. The normalized spacial score (nSPS) is 15.3. The van der Waals surface area contributed by atoms with Crippen LogP contribution in [0.1, 0.15) is 0 Å². The third-order valence-corrected chi connectivity index (χ3v) is 17.8. The maximum atomic E-state index is 6.56. The van der Waals surface area contributed by atoms with Gasteiger partial charge in [-0.25, -0.2) is 0 Å². The highest BCUT2D eigenvalue weighted by molar-refractivity contribution is 6.91. The molecule has 0 bridgehead atoms. The summed E-state index contributed by atoms with van der Waals surface area (Å²) in [4.78, 5) is 0. The van der Waals surface area contributed by atoms with Gasteiger partial charge in [-0.05, 0) is 78.9 Å². The molecule has 0 atom stereocenters. The summed E-state index contributed by atoms with van der Waals surface area (Å²) in [5.74, 6) is 0. The first-order valence-electron chi connectivity index (χ1n) is 7.99. The van der Waals surface area contributed by atoms with Gasteiger partial charge in [0.2, 0.25) is 0 Å². The lowest BCUT2D eigenvalue weighted by atomic mass is 11.0. The number of rotatable bonds is 9. The van der Waals surface area contributed by atoms with Crippen LogP contribution in [0.25, 0.3) is 0 Å². The molecule has 0 N–H and O–H groups in total. The van der Waals surface area contributed by atoms with Gasteiger partial charge in [0, 0.05) is 6.04 Å². The van der Waals surface area contributed by atoms with Crippen molar-refractivity contribution in [3.05, 3.63) is 6.92 Å². The van der Waals surface area contributed by atoms with E-state index < -0.39 is 42.3 Å². The van der Waals surface area contributed by atoms with Gasteiger partial charge in [0.15, 0.2) is 25.0 Å². The zero-order valence-corrected chi connectivity index (χ0v) is 21.5. The molecule has 0 spiro atoms. The summed E-state index contributed by atoms with van der Waals surface area (Å²) in [6.45, 7) is 27.9. The van der Waals surface area contributed by atoms with Gasteiger partial charge in [-0.2, -0.15) is 0 Å². The fourth-order valence-electron chi connectivity index (χ4n) is 2.28. The van der Waals surface area contributed by atoms with Crippen LogP contribution >= 0.6 is 0 Å². The first-order chi connectivity index (χ1) is 9.39. The fraction of sp³-hybridized carbons (Fsp3) is 0.923. The van der Waals surface area contributed by atoms with Gasteiger partial charge in [0.05, 0.1) is 0 Å². The molecule has 0 aromatic rings. The number of hydrogen-bond acceptors (Lipinski definition) is 4. The van der Waals surface area contributed by atoms with Crippen LogP contribution < -0.4 is 0 Å². The second-order valence-electron chi connectivity index (χ2n) is 9.08. The minimum atomic E-state index is -2.80. The second-order valence-corrected chi connectivity index (χ2v) is 29.7. The lowest BCUT2D eigenvalue weighted by molar-refractivity contribution is 0.230. The molecule has 0 aliphatic rings. The van der Waals surface area contributed by atoms with Gasteiger partial charge in [-0.1, -0.05) is 0 Å². The van der Waals surface area contributed by atoms with Crippen molar-refractivity contribution >= 4 is 42.3 Å². The van der Waals surface area contributed by atoms with Crippen molar-refractivity contribution in [2.75, 3.05) is 0 Å². The molecule has 0 fully saturated rings. The minimum absolute atomic E-state index is 0.563. The molecule has 0 heterocycles. The Labute approximate surface area is 143 Å². The Bertz CT molecular complexity index is 339. The zero-order valence-electron chi connectivity index (χ0n) is 16.5. The standard InChI is InChI=1S/C13H37O4Si5/c1-13-22(15-19(5,6)7,16-20(8,9)10)17-21(11,12)14-18(2,3)4/h1,13H2,2-12H3. The van der Waals surface area contributed by atoms with E-state index in [1.807, 2.05) is 0 Å². The Morgan fingerprint density at radius 3 is 1.09 bits per heavy atom. The van der Waals surface area contributed by atoms with Crippen LogP contribution in [-0.2, 0) is 16.5 Å². The summed E-state index contributed by atoms with van der Waals surface area (Å²) in [5.41, 5.74) is 0. The maximum Gasteiger partial charge on any atom is 0.471 e. The van der Waals surface area contributed by atoms with E-state index in [2.05, 4.69) is 78.9 Å². The second kappa shape index (κ2) is 7.44. The molecule has 0 rings (SSSR count). The molecular formula is C13H37O4Si5. The summed E-state index contributed by atoms with van der Waals surface area (Å²) in [7, 11) is -10.4. The van der Waals surface area contributed by atoms with Crippen molar-refractivity contribution in [3.8, 4) is 0 Å². The average Bonchev–Trinajstić information content (AvgIpc) is 2.05. The Balaban J connectivity index is 5.47. The smallest absolute Gasteiger partial charge is 0.437 e. The van der Waals surface area contributed by atoms with E-state index in [4.69, 9.17) is 16.5 Å². The molecule has 0 aromatic carbocycles. The van der Waals surface area contributed by atoms with Crippen molar-refractivity contribution < 1.29 is 16.5 Å². The Morgan fingerprint density at radius 1 is 0.545 bits per heavy atom. The molecular weight excluding hydrogens is 361 g/mol. The molecule has 0 amide bonds. The molecule has 1 radical (unpaired) electrons. The summed E-state index contributed by atoms with van der Waals surface area (Å²) in [6, 6.07) is 0.563. The largest absolute Gasteiger partial charge is 0.471 e. The molecule has 0 saturated carbocycles. The van der Waals surface area contributed by atoms with Gasteiger partial charge in [-0.3, -0.25) is 0 Å². The van der Waals surface area contributed by atoms with Crippen LogP contribution in [0.3, 0.4) is 0 Å². The van der Waals surface area contributed by atoms with Crippen LogP contribution in [0.2, 0.25) is 78.1 Å². The van der Waals surface area contributed by atoms with Crippen LogP contribution in [0.5, 0.6) is 0 Å². The first-order valence-corrected chi connectivity index (χ1v) is 23.0. The molecule has 133 valence electrons. The van der Waals surface area contributed by atoms with E-state index in [9.17, 15) is 0 Å². The predicted octanol–water partition coefficient (Wildman–Crippen LogP) is 5.03. The van der Waals surface area contributed by atoms with Crippen molar-refractivity contribution in [2.24, 2.45) is 0 Å². The van der Waals surface area contributed by atoms with Crippen molar-refractivity contribution in [3.63, 3.8) is 0 Å². The van der Waals surface area contributed by atoms with Crippen LogP contribution in [0, 0.1) is 6.92 Å². The Kier molecular flexibility index (Phi) is 7.75. The van der Waals surface area contributed by atoms with Gasteiger partial charge >= 0.3 is 17.4 Å². The summed E-state index contributed by atoms with van der Waals surface area (Å²) < 4.78 is 25.9. The summed E-state index contributed by atoms with van der Waals surface area (Å²) in [6.07, 6.45) is 0. The highest BCUT2D eigenvalue weighted by Gasteiger charge is 2.51. The zero-order chi connectivity index (χ0) is 18.0. The fourth-order valence-corrected chi connectivity index (χ4v) is 22.0. The van der Waals surface area contributed by atoms with Crippen LogP contribution in [0.15, 0.2) is 0 Å². The molecule has 0 aromatic heterocycles. The first kappa shape index (κ1) is 22.9. The summed E-state index contributed by atoms with van der Waals surface area (Å²) >= 11 is 0. The van der Waals surface area contributed by atoms with E-state index in [1.54, 1.807) is 0 Å². The molecule has 22 heavy (non-hydrogen) atoms. The van der Waals surface area contributed by atoms with Gasteiger partial charge < -0.3 is 16.5 Å². The Morgan fingerprint density at radius 2 is 0.864 bits per heavy atom. The van der Waals surface area contributed by atoms with E-state index >= 15 is 0 Å². The topological polar surface area (TPSA) is 36.9 Å². The third kappa shape index (κ3) is 10.7. The van der Waals surface area contributed by atoms with Gasteiger partial charge in [0.1, 0.15) is 0 Å². The highest BCUT2D eigenvalue weighted by atomic mass is 28.5. The van der Waals surface area contributed by atoms with E-state index in [0.717, 1.165) is 0 Å². The average molecular weight is 398 g/mol. The molecule has 0 aliphatic carbocycles. The molecule has 0 saturated heterocycles. The van der Waals surface area contributed by atoms with E-state index in [-0.39, 0.29) is 0 Å². The van der Waals surface area contributed by atoms with Gasteiger partial charge in [0.25, 0.3) is 0 Å². The van der Waals surface area contributed by atoms with Crippen molar-refractivity contribution in [2.45, 2.75) is 78.1 Å². The van der Waals surface area contributed by atoms with E-state index in [1.165, 1.54) is 0 Å². The summed E-state index contributed by atoms with van der Waals surface area (Å²) in [5, 5.41) is 0. The van der Waals surface area contributed by atoms with E-state index in [0.29, 0.717) is 6.04 Å². The molecule has 4 nitrogen and oxygen atoms in total. The highest BCUT2D eigenvalue weighted by Crippen LogP contribution is 2.29. The number of hydrogen-bond donors (Lipinski definition) is 0. The van der Waals surface area contributed by atoms with Crippen molar-refractivity contribution in [1.82, 2.24) is 0 Å². The monoisotopic (exact) mass is 397 g/mol. The molecule has 0 unspecified atom stereocenters. The lowest BCUT2D eigenvalue weighted by Gasteiger charge is -2.44. The quantitative estimate of drug-likeness (QED) is 0.511. The van der Waals surface area contributed by atoms with Crippen molar-refractivity contribution in [1.29, 1.82) is 0 Å². The minimum Gasteiger partial charge on any atom is -0.437 e.